The van der Waals surface area contributed by atoms with E-state index in [1.165, 1.54) is 0 Å². The van der Waals surface area contributed by atoms with E-state index in [1.807, 2.05) is 6.21 Å². The van der Waals surface area contributed by atoms with E-state index in [1.54, 1.807) is 6.20 Å². The van der Waals surface area contributed by atoms with Gasteiger partial charge in [0.1, 0.15) is 18.1 Å². The Bertz CT molecular complexity index is 234. The molecule has 1 fully saturated rings. The van der Waals surface area contributed by atoms with Gasteiger partial charge in [-0.05, 0) is 0 Å². The Morgan fingerprint density at radius 3 is 3.45 bits per heavy atom. The van der Waals surface area contributed by atoms with Gasteiger partial charge in [-0.2, -0.15) is 0 Å². The first kappa shape index (κ1) is 6.39. The van der Waals surface area contributed by atoms with Crippen LogP contribution in [0, 0.1) is 0 Å². The first-order valence-electron chi connectivity index (χ1n) is 3.59. The van der Waals surface area contributed by atoms with Crippen LogP contribution in [0.4, 0.5) is 0 Å². The highest BCUT2D eigenvalue weighted by Gasteiger charge is 2.25. The second kappa shape index (κ2) is 2.38. The lowest BCUT2D eigenvalue weighted by atomic mass is 10.3. The van der Waals surface area contributed by atoms with Crippen molar-refractivity contribution >= 4 is 12.5 Å². The van der Waals surface area contributed by atoms with Crippen molar-refractivity contribution in [2.45, 2.75) is 6.04 Å². The van der Waals surface area contributed by atoms with E-state index in [2.05, 4.69) is 15.2 Å². The Balaban J connectivity index is 2.14. The van der Waals surface area contributed by atoms with Gasteiger partial charge in [0.25, 0.3) is 0 Å². The Morgan fingerprint density at radius 1 is 1.82 bits per heavy atom. The van der Waals surface area contributed by atoms with Gasteiger partial charge in [0, 0.05) is 12.8 Å². The van der Waals surface area contributed by atoms with E-state index in [4.69, 9.17) is 0 Å². The molecule has 11 heavy (non-hydrogen) atoms. The van der Waals surface area contributed by atoms with Gasteiger partial charge in [-0.3, -0.25) is 4.99 Å². The molecule has 0 aromatic rings. The van der Waals surface area contributed by atoms with Gasteiger partial charge in [-0.15, -0.1) is 0 Å². The fourth-order valence-corrected chi connectivity index (χ4v) is 1.30. The summed E-state index contributed by atoms with van der Waals surface area (Å²) in [6.07, 6.45) is 4.50. The number of aliphatic imine (C=N–C) groups is 1. The lowest BCUT2D eigenvalue weighted by molar-refractivity contribution is -0.109. The minimum Gasteiger partial charge on any atom is -0.359 e. The number of hydrogen-bond donors (Lipinski definition) is 1. The third kappa shape index (κ3) is 1.00. The predicted octanol–water partition coefficient (Wildman–Crippen LogP) is -0.658. The second-order valence-corrected chi connectivity index (χ2v) is 2.64. The number of carbonyl (C=O) groups excluding carboxylic acids is 1. The highest BCUT2D eigenvalue weighted by Crippen LogP contribution is 2.12. The molecule has 0 aromatic carbocycles. The van der Waals surface area contributed by atoms with Crippen molar-refractivity contribution in [2.75, 3.05) is 13.1 Å². The minimum absolute atomic E-state index is 0.0528. The summed E-state index contributed by atoms with van der Waals surface area (Å²) in [5, 5.41) is 3.05. The monoisotopic (exact) mass is 151 g/mol. The van der Waals surface area contributed by atoms with Crippen LogP contribution in [0.1, 0.15) is 0 Å². The quantitative estimate of drug-likeness (QED) is 0.506. The van der Waals surface area contributed by atoms with Gasteiger partial charge in [0.15, 0.2) is 0 Å². The molecule has 4 heteroatoms. The fourth-order valence-electron chi connectivity index (χ4n) is 1.30. The summed E-state index contributed by atoms with van der Waals surface area (Å²) >= 11 is 0. The number of aldehydes is 1. The average Bonchev–Trinajstić information content (AvgIpc) is 2.46. The molecule has 2 rings (SSSR count). The van der Waals surface area contributed by atoms with E-state index < -0.39 is 0 Å². The predicted molar refractivity (Wildman–Crippen MR) is 41.1 cm³/mol. The molecule has 0 aromatic heterocycles. The topological polar surface area (TPSA) is 44.7 Å². The van der Waals surface area contributed by atoms with Crippen molar-refractivity contribution in [3.8, 4) is 0 Å². The number of nitrogens with one attached hydrogen (secondary N) is 1. The van der Waals surface area contributed by atoms with Crippen LogP contribution in [-0.2, 0) is 4.79 Å². The van der Waals surface area contributed by atoms with Crippen LogP contribution >= 0.6 is 0 Å². The summed E-state index contributed by atoms with van der Waals surface area (Å²) in [5.74, 6) is 0.963. The average molecular weight is 151 g/mol. The number of rotatable bonds is 1. The lowest BCUT2D eigenvalue weighted by Crippen LogP contribution is -2.25. The van der Waals surface area contributed by atoms with E-state index in [0.717, 1.165) is 25.2 Å². The van der Waals surface area contributed by atoms with Gasteiger partial charge in [-0.25, -0.2) is 0 Å². The molecule has 4 nitrogen and oxygen atoms in total. The molecule has 2 aliphatic rings. The fraction of sp³-hybridized carbons (Fsp3) is 0.429. The zero-order chi connectivity index (χ0) is 7.68. The van der Waals surface area contributed by atoms with Crippen molar-refractivity contribution in [3.63, 3.8) is 0 Å². The first-order valence-corrected chi connectivity index (χ1v) is 3.59. The lowest BCUT2D eigenvalue weighted by Gasteiger charge is -2.17. The number of fused-ring (bicyclic) bond motifs is 1. The largest absolute Gasteiger partial charge is 0.359 e. The van der Waals surface area contributed by atoms with Crippen molar-refractivity contribution in [1.82, 2.24) is 10.2 Å². The molecule has 2 heterocycles. The van der Waals surface area contributed by atoms with E-state index in [-0.39, 0.29) is 6.04 Å². The molecular weight excluding hydrogens is 142 g/mol. The molecule has 1 atom stereocenters. The maximum absolute atomic E-state index is 10.4. The molecule has 0 amide bonds. The Hall–Kier alpha value is -1.32. The van der Waals surface area contributed by atoms with E-state index in [9.17, 15) is 4.79 Å². The maximum atomic E-state index is 10.4. The highest BCUT2D eigenvalue weighted by atomic mass is 16.1. The van der Waals surface area contributed by atoms with Crippen LogP contribution in [0.5, 0.6) is 0 Å². The van der Waals surface area contributed by atoms with Crippen LogP contribution in [0.3, 0.4) is 0 Å². The molecule has 0 aliphatic carbocycles. The molecule has 0 bridgehead atoms. The third-order valence-corrected chi connectivity index (χ3v) is 1.86. The van der Waals surface area contributed by atoms with Crippen LogP contribution in [0.25, 0.3) is 0 Å². The summed E-state index contributed by atoms with van der Waals surface area (Å²) in [6, 6.07) is -0.0528. The van der Waals surface area contributed by atoms with Gasteiger partial charge >= 0.3 is 0 Å². The van der Waals surface area contributed by atoms with Crippen molar-refractivity contribution in [1.29, 1.82) is 0 Å². The zero-order valence-corrected chi connectivity index (χ0v) is 6.03. The SMILES string of the molecule is O=CC1CN2CC=NC=C2N1. The normalized spacial score (nSPS) is 27.5. The molecule has 0 radical (unpaired) electrons. The van der Waals surface area contributed by atoms with Gasteiger partial charge in [-0.1, -0.05) is 0 Å². The third-order valence-electron chi connectivity index (χ3n) is 1.86. The number of carbonyl (C=O) groups is 1. The van der Waals surface area contributed by atoms with Crippen LogP contribution in [-0.4, -0.2) is 36.5 Å². The van der Waals surface area contributed by atoms with Crippen LogP contribution < -0.4 is 5.32 Å². The molecule has 1 unspecified atom stereocenters. The molecule has 0 spiro atoms. The maximum Gasteiger partial charge on any atom is 0.144 e. The standard InChI is InChI=1S/C7H9N3O/c11-5-6-4-10-2-1-8-3-7(10)9-6/h1,3,5-6,9H,2,4H2. The van der Waals surface area contributed by atoms with Crippen molar-refractivity contribution in [3.05, 3.63) is 12.0 Å². The van der Waals surface area contributed by atoms with Crippen LogP contribution in [0.2, 0.25) is 0 Å². The van der Waals surface area contributed by atoms with Crippen LogP contribution in [0.15, 0.2) is 17.0 Å². The van der Waals surface area contributed by atoms with Crippen molar-refractivity contribution in [2.24, 2.45) is 4.99 Å². The summed E-state index contributed by atoms with van der Waals surface area (Å²) in [5.41, 5.74) is 0. The Labute approximate surface area is 64.6 Å². The zero-order valence-electron chi connectivity index (χ0n) is 6.03. The summed E-state index contributed by atoms with van der Waals surface area (Å²) < 4.78 is 0. The molecular formula is C7H9N3O. The smallest absolute Gasteiger partial charge is 0.144 e. The second-order valence-electron chi connectivity index (χ2n) is 2.64. The van der Waals surface area contributed by atoms with Gasteiger partial charge in [0.05, 0.1) is 12.7 Å². The molecule has 0 saturated carbocycles. The highest BCUT2D eigenvalue weighted by molar-refractivity contribution is 5.65. The van der Waals surface area contributed by atoms with Gasteiger partial charge in [0.2, 0.25) is 0 Å². The molecule has 58 valence electrons. The van der Waals surface area contributed by atoms with E-state index >= 15 is 0 Å². The molecule has 2 aliphatic heterocycles. The molecule has 1 N–H and O–H groups in total. The number of nitrogens with zero attached hydrogens (tertiary/aromatic N) is 2. The molecule has 1 saturated heterocycles. The summed E-state index contributed by atoms with van der Waals surface area (Å²) in [6.45, 7) is 1.57. The Kier molecular flexibility index (Phi) is 1.38. The minimum atomic E-state index is -0.0528. The van der Waals surface area contributed by atoms with Crippen molar-refractivity contribution < 1.29 is 4.79 Å². The summed E-state index contributed by atoms with van der Waals surface area (Å²) in [7, 11) is 0. The first-order chi connectivity index (χ1) is 5.40. The summed E-state index contributed by atoms with van der Waals surface area (Å²) in [4.78, 5) is 16.5. The van der Waals surface area contributed by atoms with Gasteiger partial charge < -0.3 is 15.0 Å². The number of hydrogen-bond acceptors (Lipinski definition) is 4. The Morgan fingerprint density at radius 2 is 2.73 bits per heavy atom. The van der Waals surface area contributed by atoms with E-state index in [0.29, 0.717) is 0 Å².